The summed E-state index contributed by atoms with van der Waals surface area (Å²) < 4.78 is 1.68. The molecule has 6 heteroatoms. The van der Waals surface area contributed by atoms with Gasteiger partial charge in [-0.3, -0.25) is 0 Å². The molecule has 3 aliphatic rings. The van der Waals surface area contributed by atoms with Gasteiger partial charge < -0.3 is 10.0 Å². The van der Waals surface area contributed by atoms with Gasteiger partial charge in [0.2, 0.25) is 0 Å². The van der Waals surface area contributed by atoms with Gasteiger partial charge in [0.25, 0.3) is 0 Å². The van der Waals surface area contributed by atoms with Gasteiger partial charge >= 0.3 is 5.97 Å². The van der Waals surface area contributed by atoms with Crippen LogP contribution in [0, 0.1) is 0 Å². The van der Waals surface area contributed by atoms with Gasteiger partial charge in [0, 0.05) is 33.3 Å². The molecule has 1 aromatic heterocycles. The minimum absolute atomic E-state index is 0.390. The zero-order valence-electron chi connectivity index (χ0n) is 11.1. The Morgan fingerprint density at radius 2 is 2.00 bits per heavy atom. The van der Waals surface area contributed by atoms with E-state index in [1.807, 2.05) is 12.1 Å². The number of piperidine rings is 1. The molecular formula is C15H12Br2N2O2. The Kier molecular flexibility index (Phi) is 3.01. The highest BCUT2D eigenvalue weighted by atomic mass is 79.9. The lowest BCUT2D eigenvalue weighted by atomic mass is 9.84. The number of halogens is 2. The van der Waals surface area contributed by atoms with Gasteiger partial charge in [-0.25, -0.2) is 9.78 Å². The first-order valence-electron chi connectivity index (χ1n) is 6.87. The van der Waals surface area contributed by atoms with Gasteiger partial charge in [-0.05, 0) is 40.9 Å². The summed E-state index contributed by atoms with van der Waals surface area (Å²) in [5, 5.41) is 10.5. The average molecular weight is 412 g/mol. The second-order valence-electron chi connectivity index (χ2n) is 5.57. The molecule has 0 amide bonds. The molecule has 0 saturated carbocycles. The highest BCUT2D eigenvalue weighted by Crippen LogP contribution is 2.46. The molecule has 0 spiro atoms. The van der Waals surface area contributed by atoms with E-state index in [2.05, 4.69) is 36.8 Å². The maximum Gasteiger partial charge on any atom is 0.338 e. The highest BCUT2D eigenvalue weighted by Gasteiger charge is 2.36. The first-order chi connectivity index (χ1) is 10.1. The monoisotopic (exact) mass is 410 g/mol. The first kappa shape index (κ1) is 13.5. The van der Waals surface area contributed by atoms with Crippen molar-refractivity contribution < 1.29 is 9.90 Å². The van der Waals surface area contributed by atoms with E-state index in [-0.39, 0.29) is 0 Å². The van der Waals surface area contributed by atoms with Crippen LogP contribution in [0.15, 0.2) is 21.1 Å². The van der Waals surface area contributed by atoms with Crippen LogP contribution in [0.4, 0.5) is 5.69 Å². The molecule has 5 rings (SSSR count). The molecule has 2 bridgehead atoms. The number of nitrogens with zero attached hydrogens (tertiary/aromatic N) is 2. The SMILES string of the molecule is O=C(O)c1c2c(nc3c(Br)cc(Br)cc13)C1CCN2CC1. The number of rotatable bonds is 1. The van der Waals surface area contributed by atoms with Crippen molar-refractivity contribution in [3.8, 4) is 0 Å². The number of carboxylic acids is 1. The van der Waals surface area contributed by atoms with E-state index in [4.69, 9.17) is 4.98 Å². The molecule has 0 aliphatic carbocycles. The average Bonchev–Trinajstić information content (AvgIpc) is 2.46. The third-order valence-corrected chi connectivity index (χ3v) is 5.48. The van der Waals surface area contributed by atoms with Crippen LogP contribution < -0.4 is 4.90 Å². The topological polar surface area (TPSA) is 53.4 Å². The molecule has 4 nitrogen and oxygen atoms in total. The minimum atomic E-state index is -0.879. The van der Waals surface area contributed by atoms with Gasteiger partial charge in [0.15, 0.2) is 0 Å². The van der Waals surface area contributed by atoms with Crippen molar-refractivity contribution in [1.82, 2.24) is 4.98 Å². The Hall–Kier alpha value is -1.14. The predicted molar refractivity (Wildman–Crippen MR) is 88.3 cm³/mol. The smallest absolute Gasteiger partial charge is 0.338 e. The largest absolute Gasteiger partial charge is 0.478 e. The Balaban J connectivity index is 2.17. The normalized spacial score (nSPS) is 17.3. The quantitative estimate of drug-likeness (QED) is 0.765. The standard InChI is InChI=1S/C15H12Br2N2O2/c16-8-5-9-11(15(20)21)14-12(18-13(9)10(17)6-8)7-1-3-19(14)4-2-7/h5-7H,1-4H2,(H,20,21). The maximum absolute atomic E-state index is 11.9. The number of carboxylic acid groups (broad SMARTS) is 1. The Labute approximate surface area is 138 Å². The van der Waals surface area contributed by atoms with E-state index in [0.29, 0.717) is 16.9 Å². The van der Waals surface area contributed by atoms with Crippen LogP contribution in [0.2, 0.25) is 0 Å². The van der Waals surface area contributed by atoms with Crippen LogP contribution >= 0.6 is 31.9 Å². The van der Waals surface area contributed by atoms with Gasteiger partial charge in [-0.15, -0.1) is 0 Å². The van der Waals surface area contributed by atoms with Crippen LogP contribution in [0.1, 0.15) is 34.8 Å². The third-order valence-electron chi connectivity index (χ3n) is 4.42. The van der Waals surface area contributed by atoms with E-state index in [0.717, 1.165) is 51.8 Å². The summed E-state index contributed by atoms with van der Waals surface area (Å²) in [4.78, 5) is 18.9. The third kappa shape index (κ3) is 1.92. The highest BCUT2D eigenvalue weighted by molar-refractivity contribution is 9.11. The molecule has 108 valence electrons. The van der Waals surface area contributed by atoms with Gasteiger partial charge in [-0.2, -0.15) is 0 Å². The lowest BCUT2D eigenvalue weighted by Crippen LogP contribution is -2.40. The number of benzene rings is 1. The molecule has 4 heterocycles. The number of anilines is 1. The fourth-order valence-electron chi connectivity index (χ4n) is 3.50. The molecule has 1 saturated heterocycles. The molecular weight excluding hydrogens is 400 g/mol. The summed E-state index contributed by atoms with van der Waals surface area (Å²) in [6.07, 6.45) is 2.14. The Morgan fingerprint density at radius 3 is 2.67 bits per heavy atom. The molecule has 2 aromatic rings. The van der Waals surface area contributed by atoms with Crippen molar-refractivity contribution in [3.05, 3.63) is 32.3 Å². The van der Waals surface area contributed by atoms with E-state index >= 15 is 0 Å². The number of pyridine rings is 1. The van der Waals surface area contributed by atoms with Gasteiger partial charge in [-0.1, -0.05) is 15.9 Å². The van der Waals surface area contributed by atoms with Crippen LogP contribution in [0.5, 0.6) is 0 Å². The summed E-state index contributed by atoms with van der Waals surface area (Å²) in [6.45, 7) is 1.86. The van der Waals surface area contributed by atoms with Crippen LogP contribution in [-0.2, 0) is 0 Å². The van der Waals surface area contributed by atoms with Gasteiger partial charge in [0.1, 0.15) is 0 Å². The molecule has 0 unspecified atom stereocenters. The van der Waals surface area contributed by atoms with Crippen molar-refractivity contribution in [2.24, 2.45) is 0 Å². The van der Waals surface area contributed by atoms with Crippen molar-refractivity contribution >= 4 is 54.4 Å². The molecule has 3 aliphatic heterocycles. The summed E-state index contributed by atoms with van der Waals surface area (Å²) in [6, 6.07) is 3.76. The van der Waals surface area contributed by atoms with Crippen molar-refractivity contribution in [2.75, 3.05) is 18.0 Å². The predicted octanol–water partition coefficient (Wildman–Crippen LogP) is 4.16. The van der Waals surface area contributed by atoms with Crippen molar-refractivity contribution in [2.45, 2.75) is 18.8 Å². The fourth-order valence-corrected chi connectivity index (χ4v) is 4.81. The van der Waals surface area contributed by atoms with Crippen LogP contribution in [0.25, 0.3) is 10.9 Å². The summed E-state index contributed by atoms with van der Waals surface area (Å²) >= 11 is 6.95. The Bertz CT molecular complexity index is 783. The van der Waals surface area contributed by atoms with Crippen LogP contribution in [0.3, 0.4) is 0 Å². The minimum Gasteiger partial charge on any atom is -0.478 e. The number of fused-ring (bicyclic) bond motifs is 3. The fraction of sp³-hybridized carbons (Fsp3) is 0.333. The summed E-state index contributed by atoms with van der Waals surface area (Å²) in [5.74, 6) is -0.487. The zero-order chi connectivity index (χ0) is 14.7. The Morgan fingerprint density at radius 1 is 1.29 bits per heavy atom. The lowest BCUT2D eigenvalue weighted by molar-refractivity contribution is 0.0699. The summed E-state index contributed by atoms with van der Waals surface area (Å²) in [7, 11) is 0. The maximum atomic E-state index is 11.9. The molecule has 1 N–H and O–H groups in total. The number of hydrogen-bond acceptors (Lipinski definition) is 3. The summed E-state index contributed by atoms with van der Waals surface area (Å²) in [5.41, 5.74) is 2.92. The van der Waals surface area contributed by atoms with Crippen LogP contribution in [-0.4, -0.2) is 29.1 Å². The number of hydrogen-bond donors (Lipinski definition) is 1. The molecule has 1 aromatic carbocycles. The number of carbonyl (C=O) groups is 1. The van der Waals surface area contributed by atoms with Crippen molar-refractivity contribution in [3.63, 3.8) is 0 Å². The molecule has 21 heavy (non-hydrogen) atoms. The zero-order valence-corrected chi connectivity index (χ0v) is 14.2. The molecule has 1 fully saturated rings. The van der Waals surface area contributed by atoms with Crippen molar-refractivity contribution in [1.29, 1.82) is 0 Å². The number of aromatic nitrogens is 1. The second-order valence-corrected chi connectivity index (χ2v) is 7.34. The lowest BCUT2D eigenvalue weighted by Gasteiger charge is -2.42. The van der Waals surface area contributed by atoms with E-state index in [1.54, 1.807) is 0 Å². The first-order valence-corrected chi connectivity index (χ1v) is 8.45. The second kappa shape index (κ2) is 4.68. The number of aromatic carboxylic acids is 1. The molecule has 0 radical (unpaired) electrons. The molecule has 0 atom stereocenters. The van der Waals surface area contributed by atoms with E-state index < -0.39 is 5.97 Å². The van der Waals surface area contributed by atoms with E-state index in [9.17, 15) is 9.90 Å². The van der Waals surface area contributed by atoms with Gasteiger partial charge in [0.05, 0.1) is 22.5 Å². The van der Waals surface area contributed by atoms with E-state index in [1.165, 1.54) is 0 Å².